The van der Waals surface area contributed by atoms with Crippen LogP contribution >= 0.6 is 31.9 Å². The molecule has 0 aliphatic heterocycles. The number of rotatable bonds is 4. The Morgan fingerprint density at radius 3 is 2.48 bits per heavy atom. The van der Waals surface area contributed by atoms with Gasteiger partial charge < -0.3 is 11.1 Å². The highest BCUT2D eigenvalue weighted by atomic mass is 79.9. The number of nitrogens with one attached hydrogen (secondary N) is 1. The van der Waals surface area contributed by atoms with Gasteiger partial charge in [-0.05, 0) is 39.7 Å². The smallest absolute Gasteiger partial charge is 0.229 e. The van der Waals surface area contributed by atoms with Crippen molar-refractivity contribution >= 4 is 43.5 Å². The van der Waals surface area contributed by atoms with Crippen LogP contribution in [0.15, 0.2) is 57.5 Å². The van der Waals surface area contributed by atoms with Gasteiger partial charge in [0.25, 0.3) is 0 Å². The number of hydrogen-bond donors (Lipinski definition) is 2. The molecule has 0 aromatic heterocycles. The van der Waals surface area contributed by atoms with E-state index in [9.17, 15) is 4.79 Å². The third-order valence-corrected chi connectivity index (χ3v) is 4.51. The second-order valence-electron chi connectivity index (χ2n) is 4.84. The van der Waals surface area contributed by atoms with Gasteiger partial charge in [0.1, 0.15) is 0 Å². The molecule has 0 spiro atoms. The van der Waals surface area contributed by atoms with Crippen molar-refractivity contribution in [3.05, 3.63) is 63.0 Å². The number of carbonyl (C=O) groups excluding carboxylic acids is 1. The lowest BCUT2D eigenvalue weighted by molar-refractivity contribution is -0.120. The molecule has 2 aromatic carbocycles. The first-order valence-electron chi connectivity index (χ1n) is 6.55. The van der Waals surface area contributed by atoms with Crippen LogP contribution in [0.4, 0.5) is 5.69 Å². The summed E-state index contributed by atoms with van der Waals surface area (Å²) < 4.78 is 1.74. The molecule has 0 aliphatic carbocycles. The highest BCUT2D eigenvalue weighted by Crippen LogP contribution is 2.28. The Hall–Kier alpha value is -1.17. The number of anilines is 1. The van der Waals surface area contributed by atoms with Crippen LogP contribution in [0.25, 0.3) is 0 Å². The van der Waals surface area contributed by atoms with E-state index < -0.39 is 0 Å². The summed E-state index contributed by atoms with van der Waals surface area (Å²) in [7, 11) is 0. The van der Waals surface area contributed by atoms with E-state index in [2.05, 4.69) is 37.2 Å². The van der Waals surface area contributed by atoms with Gasteiger partial charge in [-0.3, -0.25) is 4.79 Å². The summed E-state index contributed by atoms with van der Waals surface area (Å²) in [5.74, 6) is -0.441. The summed E-state index contributed by atoms with van der Waals surface area (Å²) >= 11 is 6.82. The predicted molar refractivity (Wildman–Crippen MR) is 93.0 cm³/mol. The summed E-state index contributed by atoms with van der Waals surface area (Å²) in [6.07, 6.45) is 0. The normalized spacial score (nSPS) is 13.5. The Balaban J connectivity index is 2.11. The molecule has 0 fully saturated rings. The van der Waals surface area contributed by atoms with Crippen LogP contribution < -0.4 is 11.1 Å². The highest BCUT2D eigenvalue weighted by Gasteiger charge is 2.22. The van der Waals surface area contributed by atoms with E-state index in [4.69, 9.17) is 5.73 Å². The lowest BCUT2D eigenvalue weighted by Gasteiger charge is -2.20. The van der Waals surface area contributed by atoms with Crippen molar-refractivity contribution in [1.29, 1.82) is 0 Å². The van der Waals surface area contributed by atoms with Crippen LogP contribution in [0.1, 0.15) is 18.5 Å². The molecule has 2 aromatic rings. The molecule has 3 N–H and O–H groups in total. The van der Waals surface area contributed by atoms with Gasteiger partial charge in [-0.2, -0.15) is 0 Å². The number of amides is 1. The number of halogens is 2. The van der Waals surface area contributed by atoms with Crippen LogP contribution in [-0.4, -0.2) is 5.91 Å². The van der Waals surface area contributed by atoms with Crippen molar-refractivity contribution in [2.45, 2.75) is 13.0 Å². The number of carbonyl (C=O) groups is 1. The van der Waals surface area contributed by atoms with E-state index in [1.807, 2.05) is 55.5 Å². The van der Waals surface area contributed by atoms with Gasteiger partial charge in [-0.15, -0.1) is 0 Å². The Bertz CT molecular complexity index is 631. The van der Waals surface area contributed by atoms with Crippen molar-refractivity contribution in [2.24, 2.45) is 11.7 Å². The van der Waals surface area contributed by atoms with E-state index in [1.54, 1.807) is 0 Å². The van der Waals surface area contributed by atoms with E-state index in [-0.39, 0.29) is 17.9 Å². The fourth-order valence-electron chi connectivity index (χ4n) is 1.97. The molecule has 0 radical (unpaired) electrons. The largest absolute Gasteiger partial charge is 0.325 e. The Kier molecular flexibility index (Phi) is 5.56. The molecule has 0 saturated carbocycles. The molecule has 2 atom stereocenters. The molecule has 0 bridgehead atoms. The SMILES string of the molecule is CC(C(=O)Nc1cc(Br)ccc1Br)C(N)c1ccccc1. The van der Waals surface area contributed by atoms with Crippen LogP contribution in [0.5, 0.6) is 0 Å². The molecule has 2 rings (SSSR count). The highest BCUT2D eigenvalue weighted by molar-refractivity contribution is 9.11. The van der Waals surface area contributed by atoms with Crippen LogP contribution in [-0.2, 0) is 4.79 Å². The molecular weight excluding hydrogens is 396 g/mol. The van der Waals surface area contributed by atoms with Gasteiger partial charge in [0.2, 0.25) is 5.91 Å². The Morgan fingerprint density at radius 2 is 1.81 bits per heavy atom. The molecule has 0 aliphatic rings. The Morgan fingerprint density at radius 1 is 1.14 bits per heavy atom. The van der Waals surface area contributed by atoms with E-state index in [0.717, 1.165) is 20.2 Å². The third-order valence-electron chi connectivity index (χ3n) is 3.32. The van der Waals surface area contributed by atoms with E-state index >= 15 is 0 Å². The molecule has 5 heteroatoms. The predicted octanol–water partition coefficient (Wildman–Crippen LogP) is 4.49. The molecule has 1 amide bonds. The standard InChI is InChI=1S/C16H16Br2N2O/c1-10(15(19)11-5-3-2-4-6-11)16(21)20-14-9-12(17)7-8-13(14)18/h2-10,15H,19H2,1H3,(H,20,21). The van der Waals surface area contributed by atoms with Crippen molar-refractivity contribution < 1.29 is 4.79 Å². The van der Waals surface area contributed by atoms with Crippen molar-refractivity contribution in [3.63, 3.8) is 0 Å². The summed E-state index contributed by atoms with van der Waals surface area (Å²) in [6, 6.07) is 14.9. The quantitative estimate of drug-likeness (QED) is 0.778. The number of nitrogens with two attached hydrogens (primary N) is 1. The minimum atomic E-state index is -0.336. The maximum atomic E-state index is 12.4. The third kappa shape index (κ3) is 4.15. The van der Waals surface area contributed by atoms with Crippen molar-refractivity contribution in [2.75, 3.05) is 5.32 Å². The number of hydrogen-bond acceptors (Lipinski definition) is 2. The van der Waals surface area contributed by atoms with Gasteiger partial charge in [0.05, 0.1) is 11.6 Å². The first kappa shape index (κ1) is 16.2. The number of benzene rings is 2. The van der Waals surface area contributed by atoms with Crippen LogP contribution in [0, 0.1) is 5.92 Å². The van der Waals surface area contributed by atoms with Gasteiger partial charge in [0, 0.05) is 15.0 Å². The minimum absolute atomic E-state index is 0.106. The maximum Gasteiger partial charge on any atom is 0.229 e. The monoisotopic (exact) mass is 410 g/mol. The van der Waals surface area contributed by atoms with Gasteiger partial charge in [0.15, 0.2) is 0 Å². The van der Waals surface area contributed by atoms with Crippen LogP contribution in [0.2, 0.25) is 0 Å². The fraction of sp³-hybridized carbons (Fsp3) is 0.188. The van der Waals surface area contributed by atoms with E-state index in [1.165, 1.54) is 0 Å². The average Bonchev–Trinajstić information content (AvgIpc) is 2.50. The van der Waals surface area contributed by atoms with Gasteiger partial charge in [-0.25, -0.2) is 0 Å². The van der Waals surface area contributed by atoms with Crippen molar-refractivity contribution in [1.82, 2.24) is 0 Å². The minimum Gasteiger partial charge on any atom is -0.325 e. The summed E-state index contributed by atoms with van der Waals surface area (Å²) in [5, 5.41) is 2.91. The molecule has 0 heterocycles. The molecule has 2 unspecified atom stereocenters. The zero-order chi connectivity index (χ0) is 15.4. The molecular formula is C16H16Br2N2O. The zero-order valence-electron chi connectivity index (χ0n) is 11.5. The van der Waals surface area contributed by atoms with Gasteiger partial charge >= 0.3 is 0 Å². The second-order valence-corrected chi connectivity index (χ2v) is 6.61. The Labute approximate surface area is 141 Å². The zero-order valence-corrected chi connectivity index (χ0v) is 14.7. The first-order valence-corrected chi connectivity index (χ1v) is 8.14. The summed E-state index contributed by atoms with van der Waals surface area (Å²) in [6.45, 7) is 1.83. The lowest BCUT2D eigenvalue weighted by atomic mass is 9.94. The topological polar surface area (TPSA) is 55.1 Å². The lowest BCUT2D eigenvalue weighted by Crippen LogP contribution is -2.30. The second kappa shape index (κ2) is 7.20. The van der Waals surface area contributed by atoms with Crippen molar-refractivity contribution in [3.8, 4) is 0 Å². The first-order chi connectivity index (χ1) is 9.99. The molecule has 110 valence electrons. The van der Waals surface area contributed by atoms with Gasteiger partial charge in [-0.1, -0.05) is 53.2 Å². The molecule has 21 heavy (non-hydrogen) atoms. The fourth-order valence-corrected chi connectivity index (χ4v) is 2.67. The average molecular weight is 412 g/mol. The summed E-state index contributed by atoms with van der Waals surface area (Å²) in [4.78, 5) is 12.4. The molecule has 3 nitrogen and oxygen atoms in total. The molecule has 0 saturated heterocycles. The van der Waals surface area contributed by atoms with Crippen LogP contribution in [0.3, 0.4) is 0 Å². The van der Waals surface area contributed by atoms with E-state index in [0.29, 0.717) is 0 Å². The maximum absolute atomic E-state index is 12.4. The summed E-state index contributed by atoms with van der Waals surface area (Å²) in [5.41, 5.74) is 7.86.